The Balaban J connectivity index is 1.57. The maximum absolute atomic E-state index is 13.0. The maximum atomic E-state index is 13.0. The van der Waals surface area contributed by atoms with E-state index in [1.165, 1.54) is 6.08 Å². The number of carbonyl (C=O) groups is 2. The Morgan fingerprint density at radius 2 is 1.60 bits per heavy atom. The van der Waals surface area contributed by atoms with E-state index in [1.54, 1.807) is 23.7 Å². The molecule has 4 aromatic rings. The van der Waals surface area contributed by atoms with Gasteiger partial charge < -0.3 is 9.84 Å². The summed E-state index contributed by atoms with van der Waals surface area (Å²) in [4.78, 5) is 24.2. The molecule has 0 fully saturated rings. The highest BCUT2D eigenvalue weighted by Crippen LogP contribution is 2.35. The Morgan fingerprint density at radius 1 is 0.886 bits per heavy atom. The largest absolute Gasteiger partial charge is 0.507 e. The van der Waals surface area contributed by atoms with Crippen LogP contribution in [0.15, 0.2) is 91.0 Å². The summed E-state index contributed by atoms with van der Waals surface area (Å²) in [5.74, 6) is -0.446. The third-order valence-corrected chi connectivity index (χ3v) is 5.77. The van der Waals surface area contributed by atoms with Crippen LogP contribution in [0.5, 0.6) is 5.75 Å². The van der Waals surface area contributed by atoms with Crippen molar-refractivity contribution in [2.24, 2.45) is 0 Å². The Morgan fingerprint density at radius 3 is 2.40 bits per heavy atom. The second kappa shape index (κ2) is 11.2. The molecule has 0 unspecified atom stereocenters. The smallest absolute Gasteiger partial charge is 0.412 e. The minimum Gasteiger partial charge on any atom is -0.507 e. The van der Waals surface area contributed by atoms with Crippen LogP contribution >= 0.6 is 0 Å². The minimum absolute atomic E-state index is 0.154. The van der Waals surface area contributed by atoms with Crippen LogP contribution < -0.4 is 10.8 Å². The highest BCUT2D eigenvalue weighted by molar-refractivity contribution is 6.00. The quantitative estimate of drug-likeness (QED) is 0.106. The Bertz CT molecular complexity index is 1380. The molecule has 4 aromatic carbocycles. The fourth-order valence-corrected chi connectivity index (χ4v) is 4.12. The fraction of sp³-hybridized carbons (Fsp3) is 0.143. The molecule has 4 rings (SSSR count). The number of hydrogen-bond acceptors (Lipinski definition) is 5. The Hall–Kier alpha value is -4.36. The molecule has 0 radical (unpaired) electrons. The molecule has 0 heterocycles. The number of phenols is 1. The van der Waals surface area contributed by atoms with Crippen molar-refractivity contribution in [2.75, 3.05) is 5.32 Å². The molecule has 0 aliphatic heterocycles. The first kappa shape index (κ1) is 23.8. The number of allylic oxidation sites excluding steroid dienone is 1. The number of nitrogens with one attached hydrogen (secondary N) is 2. The molecule has 178 valence electrons. The normalized spacial score (nSPS) is 12.0. The zero-order valence-corrected chi connectivity index (χ0v) is 19.0. The molecule has 0 spiro atoms. The second-order valence-electron chi connectivity index (χ2n) is 8.07. The lowest BCUT2D eigenvalue weighted by Crippen LogP contribution is -2.18. The van der Waals surface area contributed by atoms with Crippen molar-refractivity contribution < 1.29 is 24.6 Å². The van der Waals surface area contributed by atoms with E-state index < -0.39 is 18.1 Å². The SMILES string of the molecule is O=C(/C=C/CCC[C@@H](OC(=O)Nc1cccc2ccccc12)c1ccc(O)c2ccccc12)NO. The van der Waals surface area contributed by atoms with Gasteiger partial charge in [-0.1, -0.05) is 72.8 Å². The number of phenolic OH excluding ortho intramolecular Hbond substituents is 1. The van der Waals surface area contributed by atoms with Gasteiger partial charge >= 0.3 is 6.09 Å². The molecule has 2 amide bonds. The monoisotopic (exact) mass is 470 g/mol. The van der Waals surface area contributed by atoms with Gasteiger partial charge in [-0.3, -0.25) is 15.3 Å². The van der Waals surface area contributed by atoms with Gasteiger partial charge in [0.15, 0.2) is 0 Å². The molecular formula is C28H26N2O5. The molecule has 0 aromatic heterocycles. The number of ether oxygens (including phenoxy) is 1. The van der Waals surface area contributed by atoms with Crippen LogP contribution in [0.3, 0.4) is 0 Å². The van der Waals surface area contributed by atoms with Crippen molar-refractivity contribution in [3.63, 3.8) is 0 Å². The van der Waals surface area contributed by atoms with E-state index in [9.17, 15) is 14.7 Å². The Kier molecular flexibility index (Phi) is 7.60. The van der Waals surface area contributed by atoms with E-state index in [0.717, 1.165) is 21.7 Å². The van der Waals surface area contributed by atoms with Crippen LogP contribution in [0.1, 0.15) is 30.9 Å². The van der Waals surface area contributed by atoms with Crippen molar-refractivity contribution >= 4 is 39.2 Å². The summed E-state index contributed by atoms with van der Waals surface area (Å²) in [5.41, 5.74) is 2.98. The van der Waals surface area contributed by atoms with E-state index in [4.69, 9.17) is 9.94 Å². The highest BCUT2D eigenvalue weighted by Gasteiger charge is 2.20. The van der Waals surface area contributed by atoms with E-state index in [-0.39, 0.29) is 5.75 Å². The van der Waals surface area contributed by atoms with Crippen LogP contribution in [-0.2, 0) is 9.53 Å². The standard InChI is InChI=1S/C28H26N2O5/c31-25-18-17-23(21-12-6-7-13-22(21)25)26(15-2-1-3-16-27(32)30-34)35-28(33)29-24-14-8-10-19-9-4-5-11-20(19)24/h3-14,16-18,26,31,34H,1-2,15H2,(H,29,33)(H,30,32)/b16-3+/t26-/m1/s1. The molecule has 0 saturated heterocycles. The molecule has 35 heavy (non-hydrogen) atoms. The fourth-order valence-electron chi connectivity index (χ4n) is 4.12. The number of aromatic hydroxyl groups is 1. The summed E-state index contributed by atoms with van der Waals surface area (Å²) in [5, 5.41) is 25.1. The molecule has 7 nitrogen and oxygen atoms in total. The number of amides is 2. The van der Waals surface area contributed by atoms with Gasteiger partial charge in [-0.05, 0) is 42.2 Å². The number of anilines is 1. The summed E-state index contributed by atoms with van der Waals surface area (Å²) in [6, 6.07) is 24.2. The molecule has 0 aliphatic carbocycles. The van der Waals surface area contributed by atoms with Crippen molar-refractivity contribution in [1.82, 2.24) is 5.48 Å². The van der Waals surface area contributed by atoms with Crippen LogP contribution in [0.4, 0.5) is 10.5 Å². The molecule has 7 heteroatoms. The molecular weight excluding hydrogens is 444 g/mol. The number of hydroxylamine groups is 1. The van der Waals surface area contributed by atoms with Crippen LogP contribution in [-0.4, -0.2) is 22.3 Å². The van der Waals surface area contributed by atoms with Gasteiger partial charge in [-0.15, -0.1) is 0 Å². The lowest BCUT2D eigenvalue weighted by Gasteiger charge is -2.21. The third-order valence-electron chi connectivity index (χ3n) is 5.77. The molecule has 0 aliphatic rings. The summed E-state index contributed by atoms with van der Waals surface area (Å²) < 4.78 is 5.91. The number of carbonyl (C=O) groups excluding carboxylic acids is 2. The lowest BCUT2D eigenvalue weighted by atomic mass is 9.96. The molecule has 1 atom stereocenters. The third kappa shape index (κ3) is 5.77. The minimum atomic E-state index is -0.600. The predicted octanol–water partition coefficient (Wildman–Crippen LogP) is 6.22. The predicted molar refractivity (Wildman–Crippen MR) is 135 cm³/mol. The molecule has 0 bridgehead atoms. The first-order valence-corrected chi connectivity index (χ1v) is 11.3. The summed E-state index contributed by atoms with van der Waals surface area (Å²) in [6.45, 7) is 0. The average molecular weight is 471 g/mol. The van der Waals surface area contributed by atoms with Gasteiger partial charge in [-0.2, -0.15) is 0 Å². The molecule has 0 saturated carbocycles. The lowest BCUT2D eigenvalue weighted by molar-refractivity contribution is -0.124. The molecule has 4 N–H and O–H groups in total. The van der Waals surface area contributed by atoms with Gasteiger partial charge in [0.25, 0.3) is 5.91 Å². The topological polar surface area (TPSA) is 108 Å². The first-order chi connectivity index (χ1) is 17.1. The number of hydrogen-bond donors (Lipinski definition) is 4. The van der Waals surface area contributed by atoms with Gasteiger partial charge in [0.05, 0.1) is 5.69 Å². The van der Waals surface area contributed by atoms with E-state index >= 15 is 0 Å². The van der Waals surface area contributed by atoms with Crippen molar-refractivity contribution in [2.45, 2.75) is 25.4 Å². The average Bonchev–Trinajstić information content (AvgIpc) is 2.88. The number of benzene rings is 4. The van der Waals surface area contributed by atoms with Crippen molar-refractivity contribution in [3.8, 4) is 5.75 Å². The van der Waals surface area contributed by atoms with Crippen molar-refractivity contribution in [1.29, 1.82) is 0 Å². The number of rotatable bonds is 8. The highest BCUT2D eigenvalue weighted by atomic mass is 16.6. The zero-order valence-electron chi connectivity index (χ0n) is 19.0. The summed E-state index contributed by atoms with van der Waals surface area (Å²) >= 11 is 0. The van der Waals surface area contributed by atoms with Crippen LogP contribution in [0, 0.1) is 0 Å². The van der Waals surface area contributed by atoms with E-state index in [1.807, 2.05) is 66.7 Å². The van der Waals surface area contributed by atoms with E-state index in [2.05, 4.69) is 5.32 Å². The maximum Gasteiger partial charge on any atom is 0.412 e. The van der Waals surface area contributed by atoms with Gasteiger partial charge in [0.2, 0.25) is 0 Å². The van der Waals surface area contributed by atoms with Crippen LogP contribution in [0.25, 0.3) is 21.5 Å². The van der Waals surface area contributed by atoms with Crippen LogP contribution in [0.2, 0.25) is 0 Å². The zero-order chi connectivity index (χ0) is 24.6. The Labute approximate surface area is 202 Å². The summed E-state index contributed by atoms with van der Waals surface area (Å²) in [6.07, 6.45) is 3.38. The van der Waals surface area contributed by atoms with Crippen molar-refractivity contribution in [3.05, 3.63) is 96.6 Å². The van der Waals surface area contributed by atoms with Gasteiger partial charge in [0.1, 0.15) is 11.9 Å². The summed E-state index contributed by atoms with van der Waals surface area (Å²) in [7, 11) is 0. The second-order valence-corrected chi connectivity index (χ2v) is 8.07. The van der Waals surface area contributed by atoms with Gasteiger partial charge in [0, 0.05) is 22.4 Å². The van der Waals surface area contributed by atoms with E-state index in [0.29, 0.717) is 30.3 Å². The van der Waals surface area contributed by atoms with Gasteiger partial charge in [-0.25, -0.2) is 10.3 Å². The number of unbranched alkanes of at least 4 members (excludes halogenated alkanes) is 1. The number of fused-ring (bicyclic) bond motifs is 2. The first-order valence-electron chi connectivity index (χ1n) is 11.3.